The van der Waals surface area contributed by atoms with E-state index >= 15 is 0 Å². The van der Waals surface area contributed by atoms with Gasteiger partial charge in [-0.15, -0.1) is 0 Å². The van der Waals surface area contributed by atoms with E-state index in [9.17, 15) is 10.1 Å². The van der Waals surface area contributed by atoms with Gasteiger partial charge in [0.1, 0.15) is 17.9 Å². The standard InChI is InChI=1S/C18H17N3O2/c1-21-10-12-7-16(22)17(23-2)8-14(12)18(15(21)9-19)11-4-3-5-13(20)6-11/h3-6,8,10,17H,7,20H2,1-2H3. The van der Waals surface area contributed by atoms with Gasteiger partial charge < -0.3 is 15.4 Å². The minimum Gasteiger partial charge on any atom is -0.399 e. The Labute approximate surface area is 134 Å². The van der Waals surface area contributed by atoms with Gasteiger partial charge in [0.15, 0.2) is 5.78 Å². The van der Waals surface area contributed by atoms with Crippen LogP contribution in [0.1, 0.15) is 12.0 Å². The van der Waals surface area contributed by atoms with Crippen molar-refractivity contribution in [2.45, 2.75) is 12.5 Å². The highest BCUT2D eigenvalue weighted by Crippen LogP contribution is 2.40. The molecule has 0 fully saturated rings. The number of nitriles is 1. The van der Waals surface area contributed by atoms with E-state index in [1.165, 1.54) is 7.11 Å². The largest absolute Gasteiger partial charge is 0.399 e. The smallest absolute Gasteiger partial charge is 0.169 e. The molecule has 1 unspecified atom stereocenters. The number of ether oxygens (including phenoxy) is 1. The highest BCUT2D eigenvalue weighted by molar-refractivity contribution is 5.98. The molecule has 5 nitrogen and oxygen atoms in total. The lowest BCUT2D eigenvalue weighted by Crippen LogP contribution is -2.29. The second-order valence-electron chi connectivity index (χ2n) is 5.61. The van der Waals surface area contributed by atoms with Crippen LogP contribution >= 0.6 is 0 Å². The van der Waals surface area contributed by atoms with Crippen LogP contribution in [0.15, 0.2) is 53.4 Å². The Bertz CT molecular complexity index is 812. The molecule has 0 amide bonds. The number of hydrogen-bond donors (Lipinski definition) is 1. The Morgan fingerprint density at radius 1 is 1.43 bits per heavy atom. The van der Waals surface area contributed by atoms with Gasteiger partial charge in [0.05, 0.1) is 0 Å². The second-order valence-corrected chi connectivity index (χ2v) is 5.61. The third kappa shape index (κ3) is 2.54. The van der Waals surface area contributed by atoms with Crippen LogP contribution in [0.5, 0.6) is 0 Å². The van der Waals surface area contributed by atoms with Crippen LogP contribution in [0.4, 0.5) is 5.69 Å². The molecule has 0 saturated heterocycles. The normalized spacial score (nSPS) is 20.7. The minimum absolute atomic E-state index is 0.0169. The number of fused-ring (bicyclic) bond motifs is 1. The fourth-order valence-corrected chi connectivity index (χ4v) is 3.02. The number of benzene rings is 1. The van der Waals surface area contributed by atoms with Gasteiger partial charge in [0.25, 0.3) is 0 Å². The summed E-state index contributed by atoms with van der Waals surface area (Å²) < 4.78 is 5.26. The van der Waals surface area contributed by atoms with E-state index in [2.05, 4.69) is 6.07 Å². The Kier molecular flexibility index (Phi) is 3.77. The minimum atomic E-state index is -0.582. The third-order valence-corrected chi connectivity index (χ3v) is 4.09. The van der Waals surface area contributed by atoms with Crippen molar-refractivity contribution in [3.63, 3.8) is 0 Å². The van der Waals surface area contributed by atoms with Crippen molar-refractivity contribution in [3.05, 3.63) is 58.9 Å². The van der Waals surface area contributed by atoms with Gasteiger partial charge in [0.2, 0.25) is 0 Å². The molecule has 1 aliphatic carbocycles. The topological polar surface area (TPSA) is 79.3 Å². The summed E-state index contributed by atoms with van der Waals surface area (Å²) in [5, 5.41) is 9.59. The molecule has 0 bridgehead atoms. The maximum Gasteiger partial charge on any atom is 0.169 e. The molecule has 0 saturated carbocycles. The lowest BCUT2D eigenvalue weighted by atomic mass is 9.81. The molecule has 0 radical (unpaired) electrons. The van der Waals surface area contributed by atoms with Gasteiger partial charge in [-0.3, -0.25) is 4.79 Å². The molecule has 3 rings (SSSR count). The Hall–Kier alpha value is -2.84. The zero-order chi connectivity index (χ0) is 16.6. The average molecular weight is 307 g/mol. The van der Waals surface area contributed by atoms with Gasteiger partial charge in [-0.1, -0.05) is 12.1 Å². The van der Waals surface area contributed by atoms with Crippen LogP contribution < -0.4 is 5.73 Å². The molecule has 1 aliphatic heterocycles. The summed E-state index contributed by atoms with van der Waals surface area (Å²) in [6.07, 6.45) is 3.34. The molecular weight excluding hydrogens is 290 g/mol. The number of nitrogens with zero attached hydrogens (tertiary/aromatic N) is 2. The number of carbonyl (C=O) groups excluding carboxylic acids is 1. The first kappa shape index (κ1) is 15.1. The van der Waals surface area contributed by atoms with Crippen molar-refractivity contribution in [3.8, 4) is 6.07 Å². The van der Waals surface area contributed by atoms with Crippen molar-refractivity contribution < 1.29 is 9.53 Å². The molecule has 2 N–H and O–H groups in total. The monoisotopic (exact) mass is 307 g/mol. The van der Waals surface area contributed by atoms with Crippen LogP contribution in [-0.4, -0.2) is 30.9 Å². The maximum absolute atomic E-state index is 12.1. The molecule has 0 aromatic heterocycles. The molecule has 2 aliphatic rings. The first-order valence-electron chi connectivity index (χ1n) is 7.27. The first-order valence-corrected chi connectivity index (χ1v) is 7.27. The molecule has 1 aromatic rings. The molecular formula is C18H17N3O2. The maximum atomic E-state index is 12.1. The number of rotatable bonds is 2. The third-order valence-electron chi connectivity index (χ3n) is 4.09. The van der Waals surface area contributed by atoms with Gasteiger partial charge in [-0.05, 0) is 34.9 Å². The van der Waals surface area contributed by atoms with Gasteiger partial charge in [0, 0.05) is 38.0 Å². The number of methoxy groups -OCH3 is 1. The summed E-state index contributed by atoms with van der Waals surface area (Å²) in [5.41, 5.74) is 10.5. The van der Waals surface area contributed by atoms with Gasteiger partial charge in [-0.25, -0.2) is 0 Å². The number of ketones is 1. The number of anilines is 1. The lowest BCUT2D eigenvalue weighted by Gasteiger charge is -2.31. The van der Waals surface area contributed by atoms with Crippen LogP contribution in [0, 0.1) is 11.3 Å². The van der Waals surface area contributed by atoms with E-state index in [0.29, 0.717) is 17.8 Å². The first-order chi connectivity index (χ1) is 11.0. The Morgan fingerprint density at radius 3 is 2.87 bits per heavy atom. The number of allylic oxidation sites excluding steroid dienone is 4. The highest BCUT2D eigenvalue weighted by Gasteiger charge is 2.32. The Morgan fingerprint density at radius 2 is 2.22 bits per heavy atom. The summed E-state index contributed by atoms with van der Waals surface area (Å²) in [5.74, 6) is 0.0169. The predicted octanol–water partition coefficient (Wildman–Crippen LogP) is 2.25. The molecule has 23 heavy (non-hydrogen) atoms. The van der Waals surface area contributed by atoms with Gasteiger partial charge >= 0.3 is 0 Å². The van der Waals surface area contributed by atoms with Crippen LogP contribution in [0.3, 0.4) is 0 Å². The van der Waals surface area contributed by atoms with Crippen molar-refractivity contribution in [1.29, 1.82) is 5.26 Å². The highest BCUT2D eigenvalue weighted by atomic mass is 16.5. The number of carbonyl (C=O) groups is 1. The number of nitrogens with two attached hydrogens (primary N) is 1. The van der Waals surface area contributed by atoms with E-state index in [-0.39, 0.29) is 5.78 Å². The fraction of sp³-hybridized carbons (Fsp3) is 0.222. The van der Waals surface area contributed by atoms with E-state index < -0.39 is 6.10 Å². The van der Waals surface area contributed by atoms with Crippen LogP contribution in [0.25, 0.3) is 5.57 Å². The SMILES string of the molecule is COC1C=C2C(=CN(C)C(C#N)=C2c2cccc(N)c2)CC1=O. The molecule has 1 atom stereocenters. The quantitative estimate of drug-likeness (QED) is 0.848. The van der Waals surface area contributed by atoms with E-state index in [4.69, 9.17) is 10.5 Å². The Balaban J connectivity index is 2.24. The molecule has 5 heteroatoms. The van der Waals surface area contributed by atoms with Crippen LogP contribution in [0.2, 0.25) is 0 Å². The van der Waals surface area contributed by atoms with Crippen molar-refractivity contribution >= 4 is 17.0 Å². The van der Waals surface area contributed by atoms with Crippen molar-refractivity contribution in [2.75, 3.05) is 19.9 Å². The lowest BCUT2D eigenvalue weighted by molar-refractivity contribution is -0.125. The molecule has 1 heterocycles. The summed E-state index contributed by atoms with van der Waals surface area (Å²) in [7, 11) is 3.32. The second kappa shape index (κ2) is 5.75. The number of nitrogen functional groups attached to an aromatic ring is 1. The molecule has 0 spiro atoms. The van der Waals surface area contributed by atoms with E-state index in [0.717, 1.165) is 22.3 Å². The summed E-state index contributed by atoms with van der Waals surface area (Å²) >= 11 is 0. The summed E-state index contributed by atoms with van der Waals surface area (Å²) in [6, 6.07) is 9.66. The van der Waals surface area contributed by atoms with E-state index in [1.807, 2.05) is 31.4 Å². The number of Topliss-reactive ketones (excluding diaryl/α,β-unsaturated/α-hetero) is 1. The molecule has 1 aromatic carbocycles. The average Bonchev–Trinajstić information content (AvgIpc) is 2.53. The predicted molar refractivity (Wildman–Crippen MR) is 87.7 cm³/mol. The fourth-order valence-electron chi connectivity index (χ4n) is 3.02. The zero-order valence-corrected chi connectivity index (χ0v) is 13.0. The summed E-state index contributed by atoms with van der Waals surface area (Å²) in [4.78, 5) is 13.9. The van der Waals surface area contributed by atoms with E-state index in [1.54, 1.807) is 17.0 Å². The number of hydrogen-bond acceptors (Lipinski definition) is 5. The van der Waals surface area contributed by atoms with Crippen molar-refractivity contribution in [2.24, 2.45) is 0 Å². The molecule has 116 valence electrons. The van der Waals surface area contributed by atoms with Gasteiger partial charge in [-0.2, -0.15) is 5.26 Å². The summed E-state index contributed by atoms with van der Waals surface area (Å²) in [6.45, 7) is 0. The van der Waals surface area contributed by atoms with Crippen molar-refractivity contribution in [1.82, 2.24) is 4.90 Å². The zero-order valence-electron chi connectivity index (χ0n) is 13.0. The van der Waals surface area contributed by atoms with Crippen LogP contribution in [-0.2, 0) is 9.53 Å².